The molecule has 0 fully saturated rings. The Morgan fingerprint density at radius 2 is 2.26 bits per heavy atom. The smallest absolute Gasteiger partial charge is 0.130 e. The Bertz CT molecular complexity index is 553. The average molecular weight is 282 g/mol. The fraction of sp³-hybridized carbons (Fsp3) is 0.357. The lowest BCUT2D eigenvalue weighted by atomic mass is 10.1. The van der Waals surface area contributed by atoms with Crippen LogP contribution in [0.4, 0.5) is 4.39 Å². The van der Waals surface area contributed by atoms with Crippen LogP contribution in [0.25, 0.3) is 0 Å². The molecule has 0 amide bonds. The molecule has 0 saturated carbocycles. The number of aromatic nitrogens is 2. The first-order valence-corrected chi connectivity index (χ1v) is 6.66. The topological polar surface area (TPSA) is 29.9 Å². The van der Waals surface area contributed by atoms with Crippen LogP contribution >= 0.6 is 11.6 Å². The van der Waals surface area contributed by atoms with Gasteiger partial charge in [0.1, 0.15) is 11.6 Å². The quantitative estimate of drug-likeness (QED) is 0.911. The maximum Gasteiger partial charge on any atom is 0.130 e. The fourth-order valence-corrected chi connectivity index (χ4v) is 2.18. The summed E-state index contributed by atoms with van der Waals surface area (Å²) in [7, 11) is 1.90. The molecule has 0 aliphatic rings. The van der Waals surface area contributed by atoms with E-state index < -0.39 is 0 Å². The predicted octanol–water partition coefficient (Wildman–Crippen LogP) is 3.30. The molecule has 102 valence electrons. The van der Waals surface area contributed by atoms with Gasteiger partial charge in [-0.05, 0) is 25.1 Å². The van der Waals surface area contributed by atoms with Crippen LogP contribution < -0.4 is 5.32 Å². The third-order valence-electron chi connectivity index (χ3n) is 2.99. The average Bonchev–Trinajstić information content (AvgIpc) is 2.78. The van der Waals surface area contributed by atoms with Crippen molar-refractivity contribution in [2.75, 3.05) is 6.54 Å². The number of imidazole rings is 1. The molecular weight excluding hydrogens is 265 g/mol. The number of nitrogens with one attached hydrogen (secondary N) is 1. The Balaban J connectivity index is 2.40. The molecule has 1 unspecified atom stereocenters. The zero-order chi connectivity index (χ0) is 13.8. The van der Waals surface area contributed by atoms with Gasteiger partial charge in [-0.3, -0.25) is 0 Å². The molecule has 0 radical (unpaired) electrons. The molecule has 1 atom stereocenters. The zero-order valence-corrected chi connectivity index (χ0v) is 11.8. The van der Waals surface area contributed by atoms with Crippen molar-refractivity contribution in [3.63, 3.8) is 0 Å². The summed E-state index contributed by atoms with van der Waals surface area (Å²) in [5.41, 5.74) is 0.562. The summed E-state index contributed by atoms with van der Waals surface area (Å²) in [6.07, 6.45) is 4.53. The first-order valence-electron chi connectivity index (χ1n) is 6.29. The van der Waals surface area contributed by atoms with E-state index in [1.807, 2.05) is 17.8 Å². The van der Waals surface area contributed by atoms with Gasteiger partial charge < -0.3 is 9.88 Å². The van der Waals surface area contributed by atoms with Crippen molar-refractivity contribution in [2.45, 2.75) is 19.4 Å². The molecule has 2 aromatic rings. The van der Waals surface area contributed by atoms with Crippen molar-refractivity contribution in [1.82, 2.24) is 14.9 Å². The van der Waals surface area contributed by atoms with Gasteiger partial charge in [-0.25, -0.2) is 9.37 Å². The molecule has 5 heteroatoms. The highest BCUT2D eigenvalue weighted by Crippen LogP contribution is 2.25. The van der Waals surface area contributed by atoms with E-state index in [9.17, 15) is 4.39 Å². The van der Waals surface area contributed by atoms with Gasteiger partial charge in [0.25, 0.3) is 0 Å². The van der Waals surface area contributed by atoms with E-state index in [-0.39, 0.29) is 11.9 Å². The first-order chi connectivity index (χ1) is 9.13. The standard InChI is InChI=1S/C14H17ClFN3/c1-3-6-17-13(14-18-7-8-19(14)2)11-5-4-10(15)9-12(11)16/h4-5,7-9,13,17H,3,6H2,1-2H3. The number of aryl methyl sites for hydroxylation is 1. The predicted molar refractivity (Wildman–Crippen MR) is 74.8 cm³/mol. The van der Waals surface area contributed by atoms with E-state index in [1.54, 1.807) is 18.3 Å². The second-order valence-corrected chi connectivity index (χ2v) is 4.89. The van der Waals surface area contributed by atoms with Gasteiger partial charge in [0.15, 0.2) is 0 Å². The van der Waals surface area contributed by atoms with Crippen molar-refractivity contribution in [1.29, 1.82) is 0 Å². The molecule has 0 saturated heterocycles. The van der Waals surface area contributed by atoms with Crippen molar-refractivity contribution < 1.29 is 4.39 Å². The van der Waals surface area contributed by atoms with E-state index in [0.717, 1.165) is 18.8 Å². The molecule has 19 heavy (non-hydrogen) atoms. The molecule has 2 rings (SSSR count). The highest BCUT2D eigenvalue weighted by molar-refractivity contribution is 6.30. The highest BCUT2D eigenvalue weighted by Gasteiger charge is 2.20. The van der Waals surface area contributed by atoms with Gasteiger partial charge in [0.05, 0.1) is 6.04 Å². The Hall–Kier alpha value is -1.39. The third kappa shape index (κ3) is 3.14. The van der Waals surface area contributed by atoms with Crippen LogP contribution in [0.3, 0.4) is 0 Å². The van der Waals surface area contributed by atoms with Gasteiger partial charge >= 0.3 is 0 Å². The summed E-state index contributed by atoms with van der Waals surface area (Å²) in [6, 6.07) is 4.47. The minimum Gasteiger partial charge on any atom is -0.336 e. The number of halogens is 2. The van der Waals surface area contributed by atoms with Crippen LogP contribution in [0.2, 0.25) is 5.02 Å². The van der Waals surface area contributed by atoms with E-state index in [2.05, 4.69) is 17.2 Å². The summed E-state index contributed by atoms with van der Waals surface area (Å²) in [5.74, 6) is 0.471. The number of hydrogen-bond donors (Lipinski definition) is 1. The second-order valence-electron chi connectivity index (χ2n) is 4.45. The normalized spacial score (nSPS) is 12.6. The van der Waals surface area contributed by atoms with E-state index in [1.165, 1.54) is 6.07 Å². The number of rotatable bonds is 5. The van der Waals surface area contributed by atoms with Gasteiger partial charge in [-0.15, -0.1) is 0 Å². The molecule has 0 aliphatic heterocycles. The Labute approximate surface area is 117 Å². The van der Waals surface area contributed by atoms with E-state index in [4.69, 9.17) is 11.6 Å². The molecule has 1 heterocycles. The lowest BCUT2D eigenvalue weighted by Gasteiger charge is -2.19. The number of hydrogen-bond acceptors (Lipinski definition) is 2. The second kappa shape index (κ2) is 6.17. The van der Waals surface area contributed by atoms with E-state index >= 15 is 0 Å². The summed E-state index contributed by atoms with van der Waals surface area (Å²) >= 11 is 5.80. The van der Waals surface area contributed by atoms with Crippen LogP contribution in [-0.2, 0) is 7.05 Å². The Morgan fingerprint density at radius 1 is 1.47 bits per heavy atom. The molecule has 1 aromatic carbocycles. The van der Waals surface area contributed by atoms with Gasteiger partial charge in [0, 0.05) is 30.0 Å². The molecule has 0 aliphatic carbocycles. The minimum atomic E-state index is -0.316. The van der Waals surface area contributed by atoms with Crippen LogP contribution in [-0.4, -0.2) is 16.1 Å². The summed E-state index contributed by atoms with van der Waals surface area (Å²) in [5, 5.41) is 3.72. The molecule has 0 bridgehead atoms. The van der Waals surface area contributed by atoms with Crippen LogP contribution in [0.15, 0.2) is 30.6 Å². The Kier molecular flexibility index (Phi) is 4.56. The maximum absolute atomic E-state index is 14.1. The molecule has 1 aromatic heterocycles. The summed E-state index contributed by atoms with van der Waals surface area (Å²) in [6.45, 7) is 2.86. The summed E-state index contributed by atoms with van der Waals surface area (Å²) < 4.78 is 16.0. The third-order valence-corrected chi connectivity index (χ3v) is 3.22. The monoisotopic (exact) mass is 281 g/mol. The van der Waals surface area contributed by atoms with Crippen LogP contribution in [0, 0.1) is 5.82 Å². The van der Waals surface area contributed by atoms with Gasteiger partial charge in [-0.2, -0.15) is 0 Å². The van der Waals surface area contributed by atoms with Crippen LogP contribution in [0.1, 0.15) is 30.8 Å². The zero-order valence-electron chi connectivity index (χ0n) is 11.0. The molecule has 0 spiro atoms. The summed E-state index contributed by atoms with van der Waals surface area (Å²) in [4.78, 5) is 4.31. The Morgan fingerprint density at radius 3 is 2.84 bits per heavy atom. The van der Waals surface area contributed by atoms with Crippen molar-refractivity contribution in [3.8, 4) is 0 Å². The first kappa shape index (κ1) is 14.0. The van der Waals surface area contributed by atoms with Gasteiger partial charge in [0.2, 0.25) is 0 Å². The lowest BCUT2D eigenvalue weighted by Crippen LogP contribution is -2.26. The van der Waals surface area contributed by atoms with Gasteiger partial charge in [-0.1, -0.05) is 24.6 Å². The highest BCUT2D eigenvalue weighted by atomic mass is 35.5. The largest absolute Gasteiger partial charge is 0.336 e. The van der Waals surface area contributed by atoms with E-state index in [0.29, 0.717) is 10.6 Å². The molecule has 3 nitrogen and oxygen atoms in total. The SMILES string of the molecule is CCCNC(c1ccc(Cl)cc1F)c1nccn1C. The molecular formula is C14H17ClFN3. The molecule has 1 N–H and O–H groups in total. The van der Waals surface area contributed by atoms with Crippen molar-refractivity contribution in [2.24, 2.45) is 7.05 Å². The minimum absolute atomic E-state index is 0.266. The van der Waals surface area contributed by atoms with Crippen LogP contribution in [0.5, 0.6) is 0 Å². The maximum atomic E-state index is 14.1. The fourth-order valence-electron chi connectivity index (χ4n) is 2.02. The van der Waals surface area contributed by atoms with Crippen molar-refractivity contribution in [3.05, 3.63) is 52.8 Å². The number of benzene rings is 1. The van der Waals surface area contributed by atoms with Crippen molar-refractivity contribution >= 4 is 11.6 Å². The number of nitrogens with zero attached hydrogens (tertiary/aromatic N) is 2. The lowest BCUT2D eigenvalue weighted by molar-refractivity contribution is 0.520.